The van der Waals surface area contributed by atoms with Crippen LogP contribution in [0.4, 0.5) is 5.13 Å². The fourth-order valence-corrected chi connectivity index (χ4v) is 4.96. The van der Waals surface area contributed by atoms with Gasteiger partial charge in [-0.15, -0.1) is 11.3 Å². The van der Waals surface area contributed by atoms with E-state index < -0.39 is 10.0 Å². The standard InChI is InChI=1S/C16H19N3O3S2/c1-11(2)15(20)18-16-17-13-8-9-19(10-14(13)23-16)24(21,22)12-6-4-3-5-7-12/h3-7,11H,8-10H2,1-2H3,(H,17,18,20). The molecule has 6 nitrogen and oxygen atoms in total. The minimum atomic E-state index is -3.51. The molecule has 8 heteroatoms. The van der Waals surface area contributed by atoms with E-state index in [1.165, 1.54) is 15.6 Å². The average Bonchev–Trinajstić information content (AvgIpc) is 2.96. The molecule has 1 amide bonds. The number of amides is 1. The molecule has 24 heavy (non-hydrogen) atoms. The predicted molar refractivity (Wildman–Crippen MR) is 93.3 cm³/mol. The minimum Gasteiger partial charge on any atom is -0.302 e. The monoisotopic (exact) mass is 365 g/mol. The molecule has 3 rings (SSSR count). The Bertz CT molecular complexity index is 845. The Kier molecular flexibility index (Phi) is 4.71. The van der Waals surface area contributed by atoms with Gasteiger partial charge in [0, 0.05) is 23.8 Å². The molecule has 1 N–H and O–H groups in total. The number of sulfonamides is 1. The number of hydrogen-bond donors (Lipinski definition) is 1. The van der Waals surface area contributed by atoms with Crippen molar-refractivity contribution in [1.29, 1.82) is 0 Å². The number of benzene rings is 1. The molecule has 1 aromatic carbocycles. The molecule has 0 unspecified atom stereocenters. The molecule has 0 fully saturated rings. The first-order valence-electron chi connectivity index (χ1n) is 7.72. The molecule has 0 bridgehead atoms. The summed E-state index contributed by atoms with van der Waals surface area (Å²) >= 11 is 1.35. The lowest BCUT2D eigenvalue weighted by Gasteiger charge is -2.25. The van der Waals surface area contributed by atoms with Crippen molar-refractivity contribution in [2.45, 2.75) is 31.7 Å². The number of carbonyl (C=O) groups is 1. The van der Waals surface area contributed by atoms with Crippen molar-refractivity contribution in [2.75, 3.05) is 11.9 Å². The fourth-order valence-electron chi connectivity index (χ4n) is 2.42. The molecule has 0 radical (unpaired) electrons. The number of fused-ring (bicyclic) bond motifs is 1. The van der Waals surface area contributed by atoms with Crippen LogP contribution < -0.4 is 5.32 Å². The van der Waals surface area contributed by atoms with Crippen LogP contribution in [0.25, 0.3) is 0 Å². The number of nitrogens with one attached hydrogen (secondary N) is 1. The largest absolute Gasteiger partial charge is 0.302 e. The summed E-state index contributed by atoms with van der Waals surface area (Å²) in [7, 11) is -3.51. The van der Waals surface area contributed by atoms with Crippen LogP contribution in [-0.2, 0) is 27.8 Å². The van der Waals surface area contributed by atoms with E-state index in [-0.39, 0.29) is 11.8 Å². The Morgan fingerprint density at radius 1 is 1.29 bits per heavy atom. The Hall–Kier alpha value is -1.77. The SMILES string of the molecule is CC(C)C(=O)Nc1nc2c(s1)CN(S(=O)(=O)c1ccccc1)CC2. The molecular formula is C16H19N3O3S2. The van der Waals surface area contributed by atoms with Gasteiger partial charge in [-0.3, -0.25) is 4.79 Å². The van der Waals surface area contributed by atoms with E-state index in [9.17, 15) is 13.2 Å². The maximum absolute atomic E-state index is 12.7. The highest BCUT2D eigenvalue weighted by Crippen LogP contribution is 2.31. The second-order valence-electron chi connectivity index (χ2n) is 5.93. The van der Waals surface area contributed by atoms with Crippen molar-refractivity contribution in [3.05, 3.63) is 40.9 Å². The summed E-state index contributed by atoms with van der Waals surface area (Å²) in [6, 6.07) is 8.43. The summed E-state index contributed by atoms with van der Waals surface area (Å²) in [6.07, 6.45) is 0.551. The number of nitrogens with zero attached hydrogens (tertiary/aromatic N) is 2. The quantitative estimate of drug-likeness (QED) is 0.903. The fraction of sp³-hybridized carbons (Fsp3) is 0.375. The highest BCUT2D eigenvalue weighted by molar-refractivity contribution is 7.89. The summed E-state index contributed by atoms with van der Waals surface area (Å²) < 4.78 is 26.9. The lowest BCUT2D eigenvalue weighted by molar-refractivity contribution is -0.118. The van der Waals surface area contributed by atoms with E-state index in [1.54, 1.807) is 30.3 Å². The number of thiazole rings is 1. The molecule has 0 saturated carbocycles. The van der Waals surface area contributed by atoms with Gasteiger partial charge in [-0.05, 0) is 12.1 Å². The van der Waals surface area contributed by atoms with Crippen LogP contribution in [0.1, 0.15) is 24.4 Å². The summed E-state index contributed by atoms with van der Waals surface area (Å²) in [5.41, 5.74) is 0.874. The Labute approximate surface area is 145 Å². The first-order chi connectivity index (χ1) is 11.4. The molecule has 1 aromatic heterocycles. The zero-order valence-corrected chi connectivity index (χ0v) is 15.2. The third-order valence-electron chi connectivity index (χ3n) is 3.83. The van der Waals surface area contributed by atoms with E-state index in [0.29, 0.717) is 29.5 Å². The van der Waals surface area contributed by atoms with Gasteiger partial charge in [-0.2, -0.15) is 4.31 Å². The zero-order valence-electron chi connectivity index (χ0n) is 13.5. The molecule has 1 aliphatic rings. The highest BCUT2D eigenvalue weighted by atomic mass is 32.2. The number of hydrogen-bond acceptors (Lipinski definition) is 5. The normalized spacial score (nSPS) is 15.3. The third-order valence-corrected chi connectivity index (χ3v) is 6.69. The number of carbonyl (C=O) groups excluding carboxylic acids is 1. The van der Waals surface area contributed by atoms with Crippen LogP contribution in [0.3, 0.4) is 0 Å². The van der Waals surface area contributed by atoms with E-state index >= 15 is 0 Å². The van der Waals surface area contributed by atoms with Gasteiger partial charge >= 0.3 is 0 Å². The Balaban J connectivity index is 1.80. The maximum atomic E-state index is 12.7. The molecule has 0 aliphatic carbocycles. The van der Waals surface area contributed by atoms with Gasteiger partial charge in [-0.1, -0.05) is 32.0 Å². The smallest absolute Gasteiger partial charge is 0.243 e. The van der Waals surface area contributed by atoms with Gasteiger partial charge in [0.1, 0.15) is 0 Å². The maximum Gasteiger partial charge on any atom is 0.243 e. The highest BCUT2D eigenvalue weighted by Gasteiger charge is 2.30. The van der Waals surface area contributed by atoms with Gasteiger partial charge < -0.3 is 5.32 Å². The van der Waals surface area contributed by atoms with Crippen LogP contribution in [0.5, 0.6) is 0 Å². The van der Waals surface area contributed by atoms with Crippen molar-refractivity contribution in [2.24, 2.45) is 5.92 Å². The van der Waals surface area contributed by atoms with Crippen molar-refractivity contribution in [3.8, 4) is 0 Å². The summed E-state index contributed by atoms with van der Waals surface area (Å²) in [4.78, 5) is 17.4. The van der Waals surface area contributed by atoms with Crippen LogP contribution >= 0.6 is 11.3 Å². The van der Waals surface area contributed by atoms with Crippen LogP contribution in [0.15, 0.2) is 35.2 Å². The van der Waals surface area contributed by atoms with Crippen molar-refractivity contribution < 1.29 is 13.2 Å². The van der Waals surface area contributed by atoms with Crippen molar-refractivity contribution in [1.82, 2.24) is 9.29 Å². The van der Waals surface area contributed by atoms with Crippen molar-refractivity contribution >= 4 is 32.4 Å². The number of aromatic nitrogens is 1. The average molecular weight is 365 g/mol. The minimum absolute atomic E-state index is 0.0881. The predicted octanol–water partition coefficient (Wildman–Crippen LogP) is 2.48. The molecule has 2 heterocycles. The molecule has 1 aliphatic heterocycles. The first-order valence-corrected chi connectivity index (χ1v) is 9.98. The third kappa shape index (κ3) is 3.35. The molecular weight excluding hydrogens is 346 g/mol. The zero-order chi connectivity index (χ0) is 17.3. The lowest BCUT2D eigenvalue weighted by Crippen LogP contribution is -2.35. The van der Waals surface area contributed by atoms with Gasteiger partial charge in [0.15, 0.2) is 5.13 Å². The van der Waals surface area contributed by atoms with Gasteiger partial charge in [0.25, 0.3) is 0 Å². The second-order valence-corrected chi connectivity index (χ2v) is 8.96. The molecule has 2 aromatic rings. The Morgan fingerprint density at radius 2 is 2.00 bits per heavy atom. The Morgan fingerprint density at radius 3 is 2.67 bits per heavy atom. The summed E-state index contributed by atoms with van der Waals surface area (Å²) in [6.45, 7) is 4.32. The molecule has 128 valence electrons. The lowest BCUT2D eigenvalue weighted by atomic mass is 10.2. The van der Waals surface area contributed by atoms with E-state index in [0.717, 1.165) is 10.6 Å². The second kappa shape index (κ2) is 6.62. The number of anilines is 1. The van der Waals surface area contributed by atoms with Gasteiger partial charge in [0.05, 0.1) is 17.1 Å². The summed E-state index contributed by atoms with van der Waals surface area (Å²) in [5, 5.41) is 3.32. The first kappa shape index (κ1) is 17.1. The molecule has 0 atom stereocenters. The van der Waals surface area contributed by atoms with E-state index in [1.807, 2.05) is 13.8 Å². The summed E-state index contributed by atoms with van der Waals surface area (Å²) in [5.74, 6) is -0.212. The van der Waals surface area contributed by atoms with Crippen LogP contribution in [0.2, 0.25) is 0 Å². The molecule has 0 spiro atoms. The number of rotatable bonds is 4. The van der Waals surface area contributed by atoms with Gasteiger partial charge in [0.2, 0.25) is 15.9 Å². The van der Waals surface area contributed by atoms with Crippen molar-refractivity contribution in [3.63, 3.8) is 0 Å². The van der Waals surface area contributed by atoms with Gasteiger partial charge in [-0.25, -0.2) is 13.4 Å². The van der Waals surface area contributed by atoms with E-state index in [2.05, 4.69) is 10.3 Å². The van der Waals surface area contributed by atoms with E-state index in [4.69, 9.17) is 0 Å². The van der Waals surface area contributed by atoms with Crippen LogP contribution in [0, 0.1) is 5.92 Å². The topological polar surface area (TPSA) is 79.4 Å². The van der Waals surface area contributed by atoms with Crippen LogP contribution in [-0.4, -0.2) is 30.2 Å². The molecule has 0 saturated heterocycles.